The molecule has 2 rings (SSSR count). The summed E-state index contributed by atoms with van der Waals surface area (Å²) in [5, 5.41) is 0. The standard InChI is InChI=1S/C17H27N/c1-14-7-8-16(11-15(14)2)12-17(13-18)9-5-3-4-6-10-17/h7-8,11H,3-6,9-10,12-13,18H2,1-2H3. The molecule has 0 amide bonds. The van der Waals surface area contributed by atoms with E-state index in [-0.39, 0.29) is 0 Å². The molecule has 0 bridgehead atoms. The number of hydrogen-bond donors (Lipinski definition) is 1. The summed E-state index contributed by atoms with van der Waals surface area (Å²) in [4.78, 5) is 0. The largest absolute Gasteiger partial charge is 0.330 e. The fourth-order valence-electron chi connectivity index (χ4n) is 3.28. The average Bonchev–Trinajstić information content (AvgIpc) is 2.60. The molecule has 1 aliphatic rings. The summed E-state index contributed by atoms with van der Waals surface area (Å²) in [6.07, 6.45) is 9.32. The van der Waals surface area contributed by atoms with Crippen LogP contribution < -0.4 is 5.73 Å². The van der Waals surface area contributed by atoms with Gasteiger partial charge in [-0.25, -0.2) is 0 Å². The molecule has 0 atom stereocenters. The third-order valence-electron chi connectivity index (χ3n) is 4.75. The molecular formula is C17H27N. The minimum absolute atomic E-state index is 0.373. The Hall–Kier alpha value is -0.820. The SMILES string of the molecule is Cc1ccc(CC2(CN)CCCCCC2)cc1C. The van der Waals surface area contributed by atoms with Gasteiger partial charge >= 0.3 is 0 Å². The molecule has 1 saturated carbocycles. The Kier molecular flexibility index (Phi) is 4.45. The van der Waals surface area contributed by atoms with Crippen LogP contribution in [0.2, 0.25) is 0 Å². The topological polar surface area (TPSA) is 26.0 Å². The van der Waals surface area contributed by atoms with Crippen LogP contribution in [0.5, 0.6) is 0 Å². The molecule has 2 N–H and O–H groups in total. The maximum Gasteiger partial charge on any atom is -0.00173 e. The lowest BCUT2D eigenvalue weighted by molar-refractivity contribution is 0.252. The van der Waals surface area contributed by atoms with Gasteiger partial charge in [0.15, 0.2) is 0 Å². The quantitative estimate of drug-likeness (QED) is 0.796. The molecule has 0 unspecified atom stereocenters. The molecule has 1 aromatic rings. The lowest BCUT2D eigenvalue weighted by Gasteiger charge is -2.31. The highest BCUT2D eigenvalue weighted by Gasteiger charge is 2.29. The van der Waals surface area contributed by atoms with Gasteiger partial charge in [-0.3, -0.25) is 0 Å². The second-order valence-electron chi connectivity index (χ2n) is 6.21. The Morgan fingerprint density at radius 3 is 2.22 bits per heavy atom. The predicted octanol–water partition coefficient (Wildman–Crippen LogP) is 4.15. The molecule has 0 radical (unpaired) electrons. The fraction of sp³-hybridized carbons (Fsp3) is 0.647. The van der Waals surface area contributed by atoms with Gasteiger partial charge in [0.25, 0.3) is 0 Å². The first-order chi connectivity index (χ1) is 8.65. The van der Waals surface area contributed by atoms with E-state index in [1.807, 2.05) is 0 Å². The summed E-state index contributed by atoms with van der Waals surface area (Å²) in [6.45, 7) is 5.24. The Balaban J connectivity index is 2.15. The van der Waals surface area contributed by atoms with Gasteiger partial charge in [-0.1, -0.05) is 43.9 Å². The Morgan fingerprint density at radius 1 is 1.00 bits per heavy atom. The molecule has 0 heterocycles. The van der Waals surface area contributed by atoms with Gasteiger partial charge in [0, 0.05) is 0 Å². The molecule has 0 aliphatic heterocycles. The van der Waals surface area contributed by atoms with Crippen molar-refractivity contribution in [2.75, 3.05) is 6.54 Å². The van der Waals surface area contributed by atoms with Crippen molar-refractivity contribution < 1.29 is 0 Å². The molecule has 0 spiro atoms. The highest BCUT2D eigenvalue weighted by molar-refractivity contribution is 5.30. The van der Waals surface area contributed by atoms with E-state index in [0.717, 1.165) is 6.54 Å². The van der Waals surface area contributed by atoms with Crippen LogP contribution in [-0.2, 0) is 6.42 Å². The first kappa shape index (κ1) is 13.6. The monoisotopic (exact) mass is 245 g/mol. The van der Waals surface area contributed by atoms with Gasteiger partial charge in [0.05, 0.1) is 0 Å². The first-order valence-corrected chi connectivity index (χ1v) is 7.41. The van der Waals surface area contributed by atoms with E-state index in [9.17, 15) is 0 Å². The number of aryl methyl sites for hydroxylation is 2. The lowest BCUT2D eigenvalue weighted by Crippen LogP contribution is -2.32. The third-order valence-corrected chi connectivity index (χ3v) is 4.75. The van der Waals surface area contributed by atoms with E-state index in [4.69, 9.17) is 5.73 Å². The van der Waals surface area contributed by atoms with Crippen LogP contribution in [0.15, 0.2) is 18.2 Å². The highest BCUT2D eigenvalue weighted by atomic mass is 14.6. The molecule has 1 aliphatic carbocycles. The van der Waals surface area contributed by atoms with Gasteiger partial charge in [-0.2, -0.15) is 0 Å². The summed E-state index contributed by atoms with van der Waals surface area (Å²) in [5.41, 5.74) is 10.8. The number of benzene rings is 1. The zero-order valence-electron chi connectivity index (χ0n) is 12.0. The van der Waals surface area contributed by atoms with E-state index in [0.29, 0.717) is 5.41 Å². The molecule has 0 aromatic heterocycles. The van der Waals surface area contributed by atoms with Crippen molar-refractivity contribution in [2.24, 2.45) is 11.1 Å². The van der Waals surface area contributed by atoms with Crippen molar-refractivity contribution in [3.63, 3.8) is 0 Å². The van der Waals surface area contributed by atoms with Crippen molar-refractivity contribution in [2.45, 2.75) is 58.8 Å². The number of hydrogen-bond acceptors (Lipinski definition) is 1. The van der Waals surface area contributed by atoms with Gasteiger partial charge in [0.2, 0.25) is 0 Å². The van der Waals surface area contributed by atoms with E-state index < -0.39 is 0 Å². The lowest BCUT2D eigenvalue weighted by atomic mass is 9.75. The van der Waals surface area contributed by atoms with Crippen LogP contribution in [0.1, 0.15) is 55.2 Å². The van der Waals surface area contributed by atoms with E-state index in [1.54, 1.807) is 0 Å². The Bertz CT molecular complexity index is 387. The van der Waals surface area contributed by atoms with Crippen LogP contribution in [0.3, 0.4) is 0 Å². The minimum Gasteiger partial charge on any atom is -0.330 e. The van der Waals surface area contributed by atoms with Crippen LogP contribution in [0, 0.1) is 19.3 Å². The van der Waals surface area contributed by atoms with Crippen molar-refractivity contribution in [1.82, 2.24) is 0 Å². The summed E-state index contributed by atoms with van der Waals surface area (Å²) < 4.78 is 0. The first-order valence-electron chi connectivity index (χ1n) is 7.41. The van der Waals surface area contributed by atoms with E-state index in [1.165, 1.54) is 61.6 Å². The van der Waals surface area contributed by atoms with E-state index >= 15 is 0 Å². The molecule has 1 aromatic carbocycles. The molecular weight excluding hydrogens is 218 g/mol. The number of rotatable bonds is 3. The molecule has 1 fully saturated rings. The van der Waals surface area contributed by atoms with Gasteiger partial charge in [-0.05, 0) is 61.8 Å². The Morgan fingerprint density at radius 2 is 1.67 bits per heavy atom. The van der Waals surface area contributed by atoms with Gasteiger partial charge < -0.3 is 5.73 Å². The smallest absolute Gasteiger partial charge is 0.00173 e. The maximum absolute atomic E-state index is 6.12. The summed E-state index contributed by atoms with van der Waals surface area (Å²) in [7, 11) is 0. The normalized spacial score (nSPS) is 19.5. The summed E-state index contributed by atoms with van der Waals surface area (Å²) in [5.74, 6) is 0. The van der Waals surface area contributed by atoms with Gasteiger partial charge in [-0.15, -0.1) is 0 Å². The minimum atomic E-state index is 0.373. The molecule has 0 saturated heterocycles. The van der Waals surface area contributed by atoms with Crippen molar-refractivity contribution in [3.05, 3.63) is 34.9 Å². The zero-order chi connectivity index (χ0) is 13.0. The molecule has 1 nitrogen and oxygen atoms in total. The summed E-state index contributed by atoms with van der Waals surface area (Å²) in [6, 6.07) is 6.91. The third kappa shape index (κ3) is 3.14. The summed E-state index contributed by atoms with van der Waals surface area (Å²) >= 11 is 0. The zero-order valence-corrected chi connectivity index (χ0v) is 12.0. The van der Waals surface area contributed by atoms with Crippen LogP contribution in [0.4, 0.5) is 0 Å². The van der Waals surface area contributed by atoms with E-state index in [2.05, 4.69) is 32.0 Å². The van der Waals surface area contributed by atoms with Crippen LogP contribution in [-0.4, -0.2) is 6.54 Å². The van der Waals surface area contributed by atoms with Gasteiger partial charge in [0.1, 0.15) is 0 Å². The molecule has 1 heteroatoms. The van der Waals surface area contributed by atoms with Crippen molar-refractivity contribution in [1.29, 1.82) is 0 Å². The highest BCUT2D eigenvalue weighted by Crippen LogP contribution is 2.37. The van der Waals surface area contributed by atoms with Crippen LogP contribution >= 0.6 is 0 Å². The molecule has 100 valence electrons. The molecule has 18 heavy (non-hydrogen) atoms. The Labute approximate surface area is 112 Å². The van der Waals surface area contributed by atoms with Crippen molar-refractivity contribution >= 4 is 0 Å². The van der Waals surface area contributed by atoms with Crippen molar-refractivity contribution in [3.8, 4) is 0 Å². The maximum atomic E-state index is 6.12. The second-order valence-corrected chi connectivity index (χ2v) is 6.21. The predicted molar refractivity (Wildman–Crippen MR) is 78.8 cm³/mol. The number of nitrogens with two attached hydrogens (primary N) is 1. The van der Waals surface area contributed by atoms with Crippen LogP contribution in [0.25, 0.3) is 0 Å². The fourth-order valence-corrected chi connectivity index (χ4v) is 3.28. The average molecular weight is 245 g/mol. The second kappa shape index (κ2) is 5.88.